The van der Waals surface area contributed by atoms with E-state index in [4.69, 9.17) is 32.7 Å². The largest absolute Gasteiger partial charge is 0.507 e. The minimum absolute atomic E-state index is 0.0188. The molecule has 1 aromatic heterocycles. The van der Waals surface area contributed by atoms with Crippen LogP contribution in [-0.2, 0) is 18.3 Å². The van der Waals surface area contributed by atoms with Gasteiger partial charge in [-0.05, 0) is 32.9 Å². The molecule has 2 aliphatic rings. The fraction of sp³-hybridized carbons (Fsp3) is 0.440. The van der Waals surface area contributed by atoms with E-state index in [1.807, 2.05) is 32.4 Å². The molecule has 0 aliphatic carbocycles. The van der Waals surface area contributed by atoms with Crippen LogP contribution >= 0.6 is 23.2 Å². The van der Waals surface area contributed by atoms with Crippen molar-refractivity contribution in [2.45, 2.75) is 39.0 Å². The van der Waals surface area contributed by atoms with E-state index in [9.17, 15) is 9.90 Å². The Hall–Kier alpha value is -2.68. The number of halogens is 2. The van der Waals surface area contributed by atoms with Gasteiger partial charge in [-0.1, -0.05) is 29.3 Å². The smallest absolute Gasteiger partial charge is 0.410 e. The number of amides is 1. The van der Waals surface area contributed by atoms with Crippen molar-refractivity contribution in [3.63, 3.8) is 0 Å². The summed E-state index contributed by atoms with van der Waals surface area (Å²) in [6, 6.07) is 4.93. The van der Waals surface area contributed by atoms with Crippen molar-refractivity contribution in [3.05, 3.63) is 40.1 Å². The van der Waals surface area contributed by atoms with E-state index in [0.717, 1.165) is 11.1 Å². The van der Waals surface area contributed by atoms with E-state index in [2.05, 4.69) is 9.88 Å². The van der Waals surface area contributed by atoms with Gasteiger partial charge in [0.05, 0.1) is 33.4 Å². The molecule has 2 aromatic carbocycles. The van der Waals surface area contributed by atoms with Gasteiger partial charge in [-0.2, -0.15) is 0 Å². The zero-order valence-corrected chi connectivity index (χ0v) is 21.7. The molecular formula is C25H28Cl2N4O4. The average molecular weight is 519 g/mol. The third kappa shape index (κ3) is 4.28. The molecule has 0 saturated carbocycles. The Labute approximate surface area is 213 Å². The summed E-state index contributed by atoms with van der Waals surface area (Å²) < 4.78 is 13.8. The number of phenols is 1. The number of benzene rings is 2. The fourth-order valence-electron chi connectivity index (χ4n) is 4.85. The fourth-order valence-corrected chi connectivity index (χ4v) is 5.46. The number of carbonyl (C=O) groups is 1. The van der Waals surface area contributed by atoms with Crippen molar-refractivity contribution in [3.8, 4) is 22.6 Å². The number of aryl methyl sites for hydroxylation is 1. The summed E-state index contributed by atoms with van der Waals surface area (Å²) in [5, 5.41) is 11.4. The SMILES string of the molecule is Cn1cnc2c(-c3c(O)cccc3Cl)c(Cl)c3c(c21)CN1CCN(C(=O)OC(C)(C)C)C[C@@H]1CO3. The lowest BCUT2D eigenvalue weighted by Crippen LogP contribution is -2.56. The standard InChI is InChI=1S/C25H28Cl2N4O4/c1-25(2,3)35-24(33)31-9-8-30-11-15-22-21(28-13-29(22)4)19(18-16(26)6-5-7-17(18)32)20(27)23(15)34-12-14(30)10-31/h5-7,13-14,32H,8-12H2,1-4H3/t14-/m1/s1. The highest BCUT2D eigenvalue weighted by molar-refractivity contribution is 6.39. The number of aromatic nitrogens is 2. The lowest BCUT2D eigenvalue weighted by Gasteiger charge is -2.40. The van der Waals surface area contributed by atoms with Crippen LogP contribution in [0.4, 0.5) is 4.79 Å². The number of hydrogen-bond donors (Lipinski definition) is 1. The van der Waals surface area contributed by atoms with Gasteiger partial charge in [-0.3, -0.25) is 4.90 Å². The molecular weight excluding hydrogens is 491 g/mol. The highest BCUT2D eigenvalue weighted by Gasteiger charge is 2.37. The van der Waals surface area contributed by atoms with Gasteiger partial charge in [0.2, 0.25) is 0 Å². The molecule has 1 atom stereocenters. The van der Waals surface area contributed by atoms with Crippen LogP contribution < -0.4 is 4.74 Å². The molecule has 0 unspecified atom stereocenters. The Morgan fingerprint density at radius 1 is 1.23 bits per heavy atom. The van der Waals surface area contributed by atoms with Gasteiger partial charge in [0.25, 0.3) is 0 Å². The van der Waals surface area contributed by atoms with Gasteiger partial charge in [0.1, 0.15) is 23.7 Å². The molecule has 186 valence electrons. The van der Waals surface area contributed by atoms with Crippen molar-refractivity contribution in [1.82, 2.24) is 19.4 Å². The Kier molecular flexibility index (Phi) is 6.02. The van der Waals surface area contributed by atoms with Gasteiger partial charge >= 0.3 is 6.09 Å². The summed E-state index contributed by atoms with van der Waals surface area (Å²) >= 11 is 13.5. The molecule has 10 heteroatoms. The molecule has 3 aromatic rings. The number of aromatic hydroxyl groups is 1. The molecule has 1 N–H and O–H groups in total. The van der Waals surface area contributed by atoms with Gasteiger partial charge < -0.3 is 24.0 Å². The van der Waals surface area contributed by atoms with Gasteiger partial charge in [0.15, 0.2) is 0 Å². The summed E-state index contributed by atoms with van der Waals surface area (Å²) in [5.74, 6) is 0.570. The number of ether oxygens (including phenoxy) is 2. The molecule has 2 aliphatic heterocycles. The number of piperazine rings is 1. The summed E-state index contributed by atoms with van der Waals surface area (Å²) in [4.78, 5) is 21.3. The molecule has 1 amide bonds. The summed E-state index contributed by atoms with van der Waals surface area (Å²) in [5.41, 5.74) is 2.85. The van der Waals surface area contributed by atoms with Crippen LogP contribution in [0.3, 0.4) is 0 Å². The van der Waals surface area contributed by atoms with E-state index < -0.39 is 5.60 Å². The lowest BCUT2D eigenvalue weighted by atomic mass is 9.98. The minimum Gasteiger partial charge on any atom is -0.507 e. The Morgan fingerprint density at radius 3 is 2.71 bits per heavy atom. The Bertz CT molecular complexity index is 1300. The summed E-state index contributed by atoms with van der Waals surface area (Å²) in [7, 11) is 1.92. The highest BCUT2D eigenvalue weighted by atomic mass is 35.5. The molecule has 3 heterocycles. The molecule has 35 heavy (non-hydrogen) atoms. The Balaban J connectivity index is 1.55. The lowest BCUT2D eigenvalue weighted by molar-refractivity contribution is -0.00151. The minimum atomic E-state index is -0.552. The number of rotatable bonds is 1. The predicted molar refractivity (Wildman–Crippen MR) is 135 cm³/mol. The highest BCUT2D eigenvalue weighted by Crippen LogP contribution is 2.49. The monoisotopic (exact) mass is 518 g/mol. The third-order valence-electron chi connectivity index (χ3n) is 6.43. The topological polar surface area (TPSA) is 80.1 Å². The molecule has 0 radical (unpaired) electrons. The quantitative estimate of drug-likeness (QED) is 0.484. The van der Waals surface area contributed by atoms with Crippen molar-refractivity contribution in [1.29, 1.82) is 0 Å². The van der Waals surface area contributed by atoms with E-state index in [1.54, 1.807) is 29.4 Å². The van der Waals surface area contributed by atoms with E-state index >= 15 is 0 Å². The zero-order chi connectivity index (χ0) is 25.1. The van der Waals surface area contributed by atoms with Gasteiger partial charge in [-0.25, -0.2) is 9.78 Å². The first-order valence-corrected chi connectivity index (χ1v) is 12.3. The maximum Gasteiger partial charge on any atom is 0.410 e. The van der Waals surface area contributed by atoms with Crippen molar-refractivity contribution in [2.75, 3.05) is 26.2 Å². The first-order valence-electron chi connectivity index (χ1n) is 11.5. The molecule has 1 saturated heterocycles. The number of nitrogens with zero attached hydrogens (tertiary/aromatic N) is 4. The van der Waals surface area contributed by atoms with Crippen LogP contribution in [0.1, 0.15) is 26.3 Å². The Morgan fingerprint density at radius 2 is 2.00 bits per heavy atom. The second-order valence-electron chi connectivity index (χ2n) is 10.0. The van der Waals surface area contributed by atoms with Crippen LogP contribution in [-0.4, -0.2) is 68.4 Å². The third-order valence-corrected chi connectivity index (χ3v) is 7.11. The van der Waals surface area contributed by atoms with Crippen molar-refractivity contribution >= 4 is 40.3 Å². The normalized spacial score (nSPS) is 18.6. The average Bonchev–Trinajstić information content (AvgIpc) is 3.04. The molecule has 1 fully saturated rings. The van der Waals surface area contributed by atoms with Crippen molar-refractivity contribution in [2.24, 2.45) is 7.05 Å². The zero-order valence-electron chi connectivity index (χ0n) is 20.1. The van der Waals surface area contributed by atoms with Crippen LogP contribution in [0.2, 0.25) is 10.0 Å². The van der Waals surface area contributed by atoms with E-state index in [1.165, 1.54) is 0 Å². The molecule has 8 nitrogen and oxygen atoms in total. The summed E-state index contributed by atoms with van der Waals surface area (Å²) in [6.45, 7) is 8.26. The second-order valence-corrected chi connectivity index (χ2v) is 10.8. The van der Waals surface area contributed by atoms with Crippen molar-refractivity contribution < 1.29 is 19.4 Å². The maximum absolute atomic E-state index is 12.7. The molecule has 0 bridgehead atoms. The van der Waals surface area contributed by atoms with Gasteiger partial charge in [0, 0.05) is 49.9 Å². The summed E-state index contributed by atoms with van der Waals surface area (Å²) in [6.07, 6.45) is 1.41. The van der Waals surface area contributed by atoms with Crippen LogP contribution in [0.15, 0.2) is 24.5 Å². The number of phenolic OH excluding ortho intramolecular Hbond substituents is 1. The predicted octanol–water partition coefficient (Wildman–Crippen LogP) is 5.07. The van der Waals surface area contributed by atoms with Crippen LogP contribution in [0.5, 0.6) is 11.5 Å². The number of fused-ring (bicyclic) bond motifs is 4. The molecule has 0 spiro atoms. The number of carbonyl (C=O) groups excluding carboxylic acids is 1. The molecule has 5 rings (SSSR count). The number of imidazole rings is 1. The number of hydrogen-bond acceptors (Lipinski definition) is 6. The van der Waals surface area contributed by atoms with Gasteiger partial charge in [-0.15, -0.1) is 0 Å². The maximum atomic E-state index is 12.7. The first kappa shape index (κ1) is 24.0. The second kappa shape index (κ2) is 8.76. The van der Waals surface area contributed by atoms with E-state index in [-0.39, 0.29) is 17.9 Å². The van der Waals surface area contributed by atoms with Crippen LogP contribution in [0.25, 0.3) is 22.2 Å². The van der Waals surface area contributed by atoms with E-state index in [0.29, 0.717) is 65.2 Å². The first-order chi connectivity index (χ1) is 16.5. The van der Waals surface area contributed by atoms with Crippen LogP contribution in [0, 0.1) is 0 Å².